The summed E-state index contributed by atoms with van der Waals surface area (Å²) in [6.45, 7) is 1.44. The number of nitrogens with two attached hydrogens (primary N) is 1. The van der Waals surface area contributed by atoms with Crippen molar-refractivity contribution in [3.63, 3.8) is 0 Å². The van der Waals surface area contributed by atoms with Crippen LogP contribution in [-0.2, 0) is 14.9 Å². The minimum Gasteiger partial charge on any atom is -0.368 e. The van der Waals surface area contributed by atoms with Crippen molar-refractivity contribution in [2.45, 2.75) is 43.2 Å². The summed E-state index contributed by atoms with van der Waals surface area (Å²) in [5.74, 6) is -0.752. The summed E-state index contributed by atoms with van der Waals surface area (Å²) in [6, 6.07) is 7.57. The molecule has 2 atom stereocenters. The van der Waals surface area contributed by atoms with E-state index in [1.807, 2.05) is 12.1 Å². The molecule has 0 spiro atoms. The molecule has 1 aliphatic heterocycles. The summed E-state index contributed by atoms with van der Waals surface area (Å²) in [7, 11) is 4.19. The highest BCUT2D eigenvalue weighted by Gasteiger charge is 2.43. The highest BCUT2D eigenvalue weighted by atomic mass is 16.5. The summed E-state index contributed by atoms with van der Waals surface area (Å²) in [6.07, 6.45) is 6.19. The first-order valence-electron chi connectivity index (χ1n) is 9.13. The molecule has 2 amide bonds. The molecule has 2 radical (unpaired) electrons. The van der Waals surface area contributed by atoms with E-state index in [1.165, 1.54) is 18.4 Å². The van der Waals surface area contributed by atoms with E-state index in [2.05, 4.69) is 42.9 Å². The van der Waals surface area contributed by atoms with Crippen LogP contribution < -0.4 is 11.1 Å². The van der Waals surface area contributed by atoms with Gasteiger partial charge in [-0.25, -0.2) is 0 Å². The number of primary amides is 1. The maximum atomic E-state index is 12.5. The fourth-order valence-electron chi connectivity index (χ4n) is 3.38. The summed E-state index contributed by atoms with van der Waals surface area (Å²) in [4.78, 5) is 25.9. The second-order valence-corrected chi connectivity index (χ2v) is 7.55. The van der Waals surface area contributed by atoms with E-state index in [4.69, 9.17) is 10.5 Å². The lowest BCUT2D eigenvalue weighted by molar-refractivity contribution is -0.129. The predicted molar refractivity (Wildman–Crippen MR) is 98.6 cm³/mol. The number of carbonyl (C=O) groups excluding carboxylic acids is 2. The SMILES string of the molecule is CN(C)CCC1(c2ccc(C(=O)NC3[C]C(C(N)=O)OCC3)cc2)CC1. The Balaban J connectivity index is 1.58. The lowest BCUT2D eigenvalue weighted by Gasteiger charge is -2.27. The van der Waals surface area contributed by atoms with Gasteiger partial charge < -0.3 is 20.7 Å². The van der Waals surface area contributed by atoms with Crippen LogP contribution >= 0.6 is 0 Å². The standard InChI is InChI=1S/C20H27N3O3/c1-23(2)11-10-20(8-9-20)15-5-3-14(4-6-15)19(25)22-16-7-12-26-17(13-16)18(21)24/h3-6,16-17H,7-12H2,1-2H3,(H2,21,24)(H,22,25). The Labute approximate surface area is 155 Å². The first-order chi connectivity index (χ1) is 12.4. The van der Waals surface area contributed by atoms with Crippen LogP contribution in [0.1, 0.15) is 41.6 Å². The maximum Gasteiger partial charge on any atom is 0.251 e. The number of nitrogens with zero attached hydrogens (tertiary/aromatic N) is 1. The van der Waals surface area contributed by atoms with Crippen LogP contribution in [0.4, 0.5) is 0 Å². The molecule has 3 N–H and O–H groups in total. The molecule has 6 heteroatoms. The van der Waals surface area contributed by atoms with Gasteiger partial charge in [-0.1, -0.05) is 12.1 Å². The molecule has 1 heterocycles. The van der Waals surface area contributed by atoms with Gasteiger partial charge in [-0.15, -0.1) is 0 Å². The third-order valence-corrected chi connectivity index (χ3v) is 5.26. The topological polar surface area (TPSA) is 84.7 Å². The van der Waals surface area contributed by atoms with Crippen molar-refractivity contribution >= 4 is 11.8 Å². The molecule has 1 aliphatic carbocycles. The van der Waals surface area contributed by atoms with Gasteiger partial charge in [0.2, 0.25) is 5.91 Å². The van der Waals surface area contributed by atoms with Crippen LogP contribution in [0, 0.1) is 6.42 Å². The molecule has 1 saturated heterocycles. The number of ether oxygens (including phenoxy) is 1. The smallest absolute Gasteiger partial charge is 0.251 e. The molecule has 3 rings (SSSR count). The summed E-state index contributed by atoms with van der Waals surface area (Å²) < 4.78 is 5.22. The molecular formula is C20H27N3O3. The molecule has 1 aromatic carbocycles. The molecule has 0 bridgehead atoms. The van der Waals surface area contributed by atoms with Crippen LogP contribution in [0.3, 0.4) is 0 Å². The van der Waals surface area contributed by atoms with Crippen molar-refractivity contribution in [1.82, 2.24) is 10.2 Å². The van der Waals surface area contributed by atoms with Crippen molar-refractivity contribution in [2.24, 2.45) is 5.73 Å². The first kappa shape index (κ1) is 18.9. The lowest BCUT2D eigenvalue weighted by Crippen LogP contribution is -2.46. The minimum absolute atomic E-state index is 0.169. The molecule has 2 fully saturated rings. The third kappa shape index (κ3) is 4.43. The van der Waals surface area contributed by atoms with Crippen molar-refractivity contribution in [3.05, 3.63) is 41.8 Å². The summed E-state index contributed by atoms with van der Waals surface area (Å²) in [5, 5.41) is 2.89. The summed E-state index contributed by atoms with van der Waals surface area (Å²) >= 11 is 0. The number of amides is 2. The van der Waals surface area contributed by atoms with Gasteiger partial charge in [0.15, 0.2) is 0 Å². The van der Waals surface area contributed by atoms with Crippen LogP contribution in [-0.4, -0.2) is 56.1 Å². The minimum atomic E-state index is -0.858. The molecule has 0 aromatic heterocycles. The van der Waals surface area contributed by atoms with Crippen LogP contribution in [0.5, 0.6) is 0 Å². The molecule has 26 heavy (non-hydrogen) atoms. The molecule has 2 aliphatic rings. The van der Waals surface area contributed by atoms with E-state index < -0.39 is 12.0 Å². The van der Waals surface area contributed by atoms with Gasteiger partial charge in [0.25, 0.3) is 5.91 Å². The number of nitrogens with one attached hydrogen (secondary N) is 1. The predicted octanol–water partition coefficient (Wildman–Crippen LogP) is 1.12. The van der Waals surface area contributed by atoms with Gasteiger partial charge in [-0.2, -0.15) is 0 Å². The van der Waals surface area contributed by atoms with Crippen LogP contribution in [0.25, 0.3) is 0 Å². The van der Waals surface area contributed by atoms with Gasteiger partial charge >= 0.3 is 0 Å². The Morgan fingerprint density at radius 2 is 2.00 bits per heavy atom. The zero-order valence-corrected chi connectivity index (χ0v) is 15.5. The largest absolute Gasteiger partial charge is 0.368 e. The molecule has 2 unspecified atom stereocenters. The number of hydrogen-bond acceptors (Lipinski definition) is 4. The zero-order valence-electron chi connectivity index (χ0n) is 15.5. The first-order valence-corrected chi connectivity index (χ1v) is 9.13. The van der Waals surface area contributed by atoms with Gasteiger partial charge in [0, 0.05) is 24.6 Å². The quantitative estimate of drug-likeness (QED) is 0.766. The van der Waals surface area contributed by atoms with Crippen molar-refractivity contribution in [2.75, 3.05) is 27.2 Å². The zero-order chi connectivity index (χ0) is 18.7. The molecule has 1 saturated carbocycles. The Morgan fingerprint density at radius 1 is 1.31 bits per heavy atom. The van der Waals surface area contributed by atoms with E-state index in [1.54, 1.807) is 0 Å². The Bertz CT molecular complexity index is 653. The molecular weight excluding hydrogens is 330 g/mol. The molecule has 1 aromatic rings. The maximum absolute atomic E-state index is 12.5. The Morgan fingerprint density at radius 3 is 2.58 bits per heavy atom. The van der Waals surface area contributed by atoms with Gasteiger partial charge in [-0.3, -0.25) is 9.59 Å². The highest BCUT2D eigenvalue weighted by Crippen LogP contribution is 2.51. The second-order valence-electron chi connectivity index (χ2n) is 7.55. The van der Waals surface area contributed by atoms with E-state index in [9.17, 15) is 9.59 Å². The normalized spacial score (nSPS) is 24.3. The number of hydrogen-bond donors (Lipinski definition) is 2. The third-order valence-electron chi connectivity index (χ3n) is 5.26. The Hall–Kier alpha value is -1.92. The fraction of sp³-hybridized carbons (Fsp3) is 0.550. The van der Waals surface area contributed by atoms with Crippen molar-refractivity contribution in [3.8, 4) is 0 Å². The average Bonchev–Trinajstić information content (AvgIpc) is 3.41. The van der Waals surface area contributed by atoms with E-state index in [0.717, 1.165) is 13.0 Å². The van der Waals surface area contributed by atoms with Gasteiger partial charge in [0.05, 0.1) is 0 Å². The monoisotopic (exact) mass is 357 g/mol. The van der Waals surface area contributed by atoms with Gasteiger partial charge in [-0.05, 0) is 69.4 Å². The van der Waals surface area contributed by atoms with Crippen LogP contribution in [0.2, 0.25) is 0 Å². The number of rotatable bonds is 7. The molecule has 6 nitrogen and oxygen atoms in total. The van der Waals surface area contributed by atoms with Crippen molar-refractivity contribution in [1.29, 1.82) is 0 Å². The second kappa shape index (κ2) is 7.76. The lowest BCUT2D eigenvalue weighted by atomic mass is 9.91. The number of carbonyl (C=O) groups is 2. The highest BCUT2D eigenvalue weighted by molar-refractivity contribution is 5.94. The summed E-state index contributed by atoms with van der Waals surface area (Å²) in [5.41, 5.74) is 7.45. The van der Waals surface area contributed by atoms with E-state index >= 15 is 0 Å². The average molecular weight is 357 g/mol. The Kier molecular flexibility index (Phi) is 5.63. The van der Waals surface area contributed by atoms with E-state index in [0.29, 0.717) is 18.6 Å². The van der Waals surface area contributed by atoms with Crippen molar-refractivity contribution < 1.29 is 14.3 Å². The van der Waals surface area contributed by atoms with E-state index in [-0.39, 0.29) is 17.4 Å². The molecule has 140 valence electrons. The fourth-order valence-corrected chi connectivity index (χ4v) is 3.38. The van der Waals surface area contributed by atoms with Crippen LogP contribution in [0.15, 0.2) is 24.3 Å². The van der Waals surface area contributed by atoms with Gasteiger partial charge in [0.1, 0.15) is 6.10 Å². The number of benzene rings is 1.